The van der Waals surface area contributed by atoms with Crippen LogP contribution >= 0.6 is 38.6 Å². The molecular weight excluding hydrogens is 492 g/mol. The molecule has 0 atom stereocenters. The summed E-state index contributed by atoms with van der Waals surface area (Å²) in [4.78, 5) is 22.6. The molecule has 2 aromatic heterocycles. The largest absolute Gasteiger partial charge is 0.309 e. The summed E-state index contributed by atoms with van der Waals surface area (Å²) in [6.45, 7) is 2.04. The van der Waals surface area contributed by atoms with E-state index in [2.05, 4.69) is 37.1 Å². The summed E-state index contributed by atoms with van der Waals surface area (Å²) in [7, 11) is 0. The third-order valence-electron chi connectivity index (χ3n) is 4.58. The SMILES string of the molecule is Cc1ccc2nc(N(/N=C/c3ccc(Br)cc3)C(=O)c3nc4ccccc4s3)sc2c1. The number of hydrogen-bond acceptors (Lipinski definition) is 6. The number of aromatic nitrogens is 2. The molecule has 0 bridgehead atoms. The number of hydrogen-bond donors (Lipinski definition) is 0. The van der Waals surface area contributed by atoms with E-state index in [1.54, 1.807) is 6.21 Å². The molecule has 152 valence electrons. The lowest BCUT2D eigenvalue weighted by Gasteiger charge is -2.11. The number of hydrazone groups is 1. The highest BCUT2D eigenvalue weighted by molar-refractivity contribution is 9.10. The Labute approximate surface area is 194 Å². The Bertz CT molecular complexity index is 1410. The van der Waals surface area contributed by atoms with E-state index in [0.717, 1.165) is 36.0 Å². The monoisotopic (exact) mass is 506 g/mol. The summed E-state index contributed by atoms with van der Waals surface area (Å²) in [5.41, 5.74) is 3.66. The summed E-state index contributed by atoms with van der Waals surface area (Å²) in [5, 5.41) is 6.75. The van der Waals surface area contributed by atoms with Gasteiger partial charge in [0, 0.05) is 4.47 Å². The second-order valence-corrected chi connectivity index (χ2v) is 9.82. The minimum Gasteiger partial charge on any atom is -0.264 e. The molecule has 0 N–H and O–H groups in total. The Morgan fingerprint density at radius 3 is 2.55 bits per heavy atom. The van der Waals surface area contributed by atoms with Gasteiger partial charge in [-0.1, -0.05) is 57.6 Å². The molecule has 1 amide bonds. The van der Waals surface area contributed by atoms with E-state index < -0.39 is 0 Å². The molecule has 0 saturated heterocycles. The Morgan fingerprint density at radius 2 is 1.74 bits per heavy atom. The van der Waals surface area contributed by atoms with E-state index in [1.807, 2.05) is 67.6 Å². The molecule has 31 heavy (non-hydrogen) atoms. The first kappa shape index (κ1) is 20.0. The number of aryl methyl sites for hydroxylation is 1. The second-order valence-electron chi connectivity index (χ2n) is 6.87. The van der Waals surface area contributed by atoms with Gasteiger partial charge < -0.3 is 0 Å². The minimum atomic E-state index is -0.301. The van der Waals surface area contributed by atoms with Crippen LogP contribution in [0.3, 0.4) is 0 Å². The van der Waals surface area contributed by atoms with Crippen LogP contribution in [0.5, 0.6) is 0 Å². The minimum absolute atomic E-state index is 0.301. The van der Waals surface area contributed by atoms with Gasteiger partial charge >= 0.3 is 5.91 Å². The van der Waals surface area contributed by atoms with Crippen molar-refractivity contribution in [2.75, 3.05) is 5.01 Å². The predicted molar refractivity (Wildman–Crippen MR) is 133 cm³/mol. The number of carbonyl (C=O) groups excluding carboxylic acids is 1. The summed E-state index contributed by atoms with van der Waals surface area (Å²) in [6, 6.07) is 21.5. The molecule has 0 saturated carbocycles. The molecule has 0 fully saturated rings. The van der Waals surface area contributed by atoms with Crippen molar-refractivity contribution in [3.63, 3.8) is 0 Å². The summed E-state index contributed by atoms with van der Waals surface area (Å²) in [5.74, 6) is -0.301. The van der Waals surface area contributed by atoms with Gasteiger partial charge in [-0.2, -0.15) is 10.1 Å². The average Bonchev–Trinajstić information content (AvgIpc) is 3.38. The molecule has 8 heteroatoms. The molecule has 0 aliphatic carbocycles. The van der Waals surface area contributed by atoms with Gasteiger partial charge in [0.05, 0.1) is 26.6 Å². The Hall–Kier alpha value is -2.94. The standard InChI is InChI=1S/C23H15BrN4OS2/c1-14-6-11-18-20(12-14)31-23(27-18)28(25-13-15-7-9-16(24)10-8-15)22(29)21-26-17-4-2-3-5-19(17)30-21/h2-13H,1H3/b25-13+. The molecule has 5 nitrogen and oxygen atoms in total. The van der Waals surface area contributed by atoms with E-state index in [0.29, 0.717) is 10.1 Å². The first-order valence-electron chi connectivity index (χ1n) is 9.43. The first-order valence-corrected chi connectivity index (χ1v) is 11.9. The molecule has 0 spiro atoms. The highest BCUT2D eigenvalue weighted by Crippen LogP contribution is 2.32. The molecule has 3 aromatic carbocycles. The number of benzene rings is 3. The van der Waals surface area contributed by atoms with Crippen LogP contribution in [0.25, 0.3) is 20.4 Å². The van der Waals surface area contributed by atoms with Crippen LogP contribution in [0, 0.1) is 6.92 Å². The number of halogens is 1. The number of anilines is 1. The maximum atomic E-state index is 13.5. The number of nitrogens with zero attached hydrogens (tertiary/aromatic N) is 4. The van der Waals surface area contributed by atoms with Crippen molar-refractivity contribution in [3.8, 4) is 0 Å². The first-order chi connectivity index (χ1) is 15.1. The van der Waals surface area contributed by atoms with Gasteiger partial charge in [-0.15, -0.1) is 11.3 Å². The molecule has 5 aromatic rings. The van der Waals surface area contributed by atoms with Crippen molar-refractivity contribution < 1.29 is 4.79 Å². The van der Waals surface area contributed by atoms with Crippen LogP contribution in [0.1, 0.15) is 20.9 Å². The maximum Gasteiger partial charge on any atom is 0.309 e. The number of thiazole rings is 2. The molecule has 0 aliphatic heterocycles. The van der Waals surface area contributed by atoms with Gasteiger partial charge in [0.25, 0.3) is 0 Å². The normalized spacial score (nSPS) is 11.5. The zero-order chi connectivity index (χ0) is 21.4. The van der Waals surface area contributed by atoms with Gasteiger partial charge in [-0.25, -0.2) is 9.97 Å². The van der Waals surface area contributed by atoms with E-state index >= 15 is 0 Å². The topological polar surface area (TPSA) is 58.5 Å². The summed E-state index contributed by atoms with van der Waals surface area (Å²) in [6.07, 6.45) is 1.66. The van der Waals surface area contributed by atoms with Crippen LogP contribution < -0.4 is 5.01 Å². The lowest BCUT2D eigenvalue weighted by Crippen LogP contribution is -2.25. The second kappa shape index (κ2) is 8.30. The fourth-order valence-electron chi connectivity index (χ4n) is 3.03. The predicted octanol–water partition coefficient (Wildman–Crippen LogP) is 6.66. The van der Waals surface area contributed by atoms with Gasteiger partial charge in [-0.3, -0.25) is 4.79 Å². The van der Waals surface area contributed by atoms with Crippen LogP contribution in [0.15, 0.2) is 76.3 Å². The van der Waals surface area contributed by atoms with Gasteiger partial charge in [0.2, 0.25) is 5.13 Å². The molecule has 0 aliphatic rings. The molecule has 2 heterocycles. The van der Waals surface area contributed by atoms with E-state index in [9.17, 15) is 4.79 Å². The average molecular weight is 507 g/mol. The van der Waals surface area contributed by atoms with Gasteiger partial charge in [0.15, 0.2) is 5.01 Å². The number of para-hydroxylation sites is 1. The summed E-state index contributed by atoms with van der Waals surface area (Å²) >= 11 is 6.23. The third kappa shape index (κ3) is 4.14. The van der Waals surface area contributed by atoms with Gasteiger partial charge in [-0.05, 0) is 54.4 Å². The lowest BCUT2D eigenvalue weighted by atomic mass is 10.2. The van der Waals surface area contributed by atoms with E-state index in [4.69, 9.17) is 0 Å². The Morgan fingerprint density at radius 1 is 0.968 bits per heavy atom. The number of fused-ring (bicyclic) bond motifs is 2. The lowest BCUT2D eigenvalue weighted by molar-refractivity contribution is 0.0987. The van der Waals surface area contributed by atoms with E-state index in [1.165, 1.54) is 27.7 Å². The fourth-order valence-corrected chi connectivity index (χ4v) is 5.20. The van der Waals surface area contributed by atoms with Crippen LogP contribution in [-0.2, 0) is 0 Å². The van der Waals surface area contributed by atoms with Crippen molar-refractivity contribution in [3.05, 3.63) is 87.3 Å². The number of rotatable bonds is 4. The van der Waals surface area contributed by atoms with Crippen molar-refractivity contribution >= 4 is 76.3 Å². The number of carbonyl (C=O) groups is 1. The zero-order valence-corrected chi connectivity index (χ0v) is 19.5. The zero-order valence-electron chi connectivity index (χ0n) is 16.3. The molecule has 0 radical (unpaired) electrons. The van der Waals surface area contributed by atoms with Crippen molar-refractivity contribution in [1.82, 2.24) is 9.97 Å². The third-order valence-corrected chi connectivity index (χ3v) is 7.12. The van der Waals surface area contributed by atoms with E-state index in [-0.39, 0.29) is 5.91 Å². The Kier molecular flexibility index (Phi) is 5.35. The smallest absolute Gasteiger partial charge is 0.264 e. The molecule has 0 unspecified atom stereocenters. The van der Waals surface area contributed by atoms with Crippen molar-refractivity contribution in [1.29, 1.82) is 0 Å². The highest BCUT2D eigenvalue weighted by Gasteiger charge is 2.24. The van der Waals surface area contributed by atoms with Crippen molar-refractivity contribution in [2.24, 2.45) is 5.10 Å². The summed E-state index contributed by atoms with van der Waals surface area (Å²) < 4.78 is 2.95. The molecular formula is C23H15BrN4OS2. The Balaban J connectivity index is 1.58. The molecule has 5 rings (SSSR count). The van der Waals surface area contributed by atoms with Crippen LogP contribution in [0.2, 0.25) is 0 Å². The fraction of sp³-hybridized carbons (Fsp3) is 0.0435. The quantitative estimate of drug-likeness (QED) is 0.202. The van der Waals surface area contributed by atoms with Crippen molar-refractivity contribution in [2.45, 2.75) is 6.92 Å². The maximum absolute atomic E-state index is 13.5. The number of amides is 1. The highest BCUT2D eigenvalue weighted by atomic mass is 79.9. The van der Waals surface area contributed by atoms with Gasteiger partial charge in [0.1, 0.15) is 0 Å². The van der Waals surface area contributed by atoms with Crippen LogP contribution in [0.4, 0.5) is 5.13 Å². The van der Waals surface area contributed by atoms with Crippen LogP contribution in [-0.4, -0.2) is 22.1 Å².